The Hall–Kier alpha value is -1.52. The van der Waals surface area contributed by atoms with Crippen LogP contribution in [-0.4, -0.2) is 12.3 Å². The number of benzene rings is 1. The van der Waals surface area contributed by atoms with Crippen LogP contribution in [-0.2, 0) is 11.3 Å². The second kappa shape index (κ2) is 4.64. The van der Waals surface area contributed by atoms with Crippen LogP contribution in [0.3, 0.4) is 0 Å². The summed E-state index contributed by atoms with van der Waals surface area (Å²) in [5, 5.41) is 1.97. The Bertz CT molecular complexity index is 328. The predicted molar refractivity (Wildman–Crippen MR) is 44.3 cm³/mol. The Morgan fingerprint density at radius 3 is 2.71 bits per heavy atom. The monoisotopic (exact) mass is 203 g/mol. The zero-order valence-electron chi connectivity index (χ0n) is 7.14. The first-order valence-corrected chi connectivity index (χ1v) is 3.90. The molecule has 14 heavy (non-hydrogen) atoms. The Labute approximate surface area is 78.7 Å². The van der Waals surface area contributed by atoms with Crippen molar-refractivity contribution in [2.24, 2.45) is 0 Å². The van der Waals surface area contributed by atoms with Crippen LogP contribution in [0.1, 0.15) is 5.56 Å². The molecular weight excluding hydrogens is 195 g/mol. The number of hydrogen-bond donors (Lipinski definition) is 1. The molecule has 2 nitrogen and oxygen atoms in total. The first-order valence-electron chi connectivity index (χ1n) is 3.90. The fraction of sp³-hybridized carbons (Fsp3) is 0.222. The van der Waals surface area contributed by atoms with Crippen molar-refractivity contribution in [1.29, 1.82) is 0 Å². The van der Waals surface area contributed by atoms with Crippen LogP contribution in [0.4, 0.5) is 13.2 Å². The molecule has 0 fully saturated rings. The van der Waals surface area contributed by atoms with Gasteiger partial charge < -0.3 is 5.32 Å². The minimum atomic E-state index is -3.04. The van der Waals surface area contributed by atoms with Gasteiger partial charge in [-0.15, -0.1) is 0 Å². The van der Waals surface area contributed by atoms with Crippen LogP contribution in [0, 0.1) is 5.82 Å². The Kier molecular flexibility index (Phi) is 3.50. The van der Waals surface area contributed by atoms with Gasteiger partial charge in [0, 0.05) is 6.54 Å². The van der Waals surface area contributed by atoms with Crippen molar-refractivity contribution < 1.29 is 18.0 Å². The largest absolute Gasteiger partial charge is 0.347 e. The van der Waals surface area contributed by atoms with Crippen molar-refractivity contribution in [2.45, 2.75) is 13.0 Å². The lowest BCUT2D eigenvalue weighted by Crippen LogP contribution is -2.28. The zero-order valence-corrected chi connectivity index (χ0v) is 7.14. The molecule has 1 N–H and O–H groups in total. The van der Waals surface area contributed by atoms with Gasteiger partial charge in [0.15, 0.2) is 0 Å². The van der Waals surface area contributed by atoms with Gasteiger partial charge >= 0.3 is 6.43 Å². The highest BCUT2D eigenvalue weighted by Gasteiger charge is 2.13. The first-order chi connectivity index (χ1) is 6.59. The number of rotatable bonds is 3. The topological polar surface area (TPSA) is 29.1 Å². The molecule has 0 unspecified atom stereocenters. The van der Waals surface area contributed by atoms with E-state index in [0.29, 0.717) is 5.56 Å². The third-order valence-corrected chi connectivity index (χ3v) is 1.55. The third-order valence-electron chi connectivity index (χ3n) is 1.55. The summed E-state index contributed by atoms with van der Waals surface area (Å²) in [5.41, 5.74) is 0.444. The molecular formula is C9H8F3NO. The van der Waals surface area contributed by atoms with E-state index in [1.54, 1.807) is 0 Å². The molecule has 0 spiro atoms. The highest BCUT2D eigenvalue weighted by Crippen LogP contribution is 2.03. The molecule has 0 saturated carbocycles. The predicted octanol–water partition coefficient (Wildman–Crippen LogP) is 1.71. The smallest absolute Gasteiger partial charge is 0.315 e. The Balaban J connectivity index is 2.50. The molecule has 5 heteroatoms. The molecule has 1 rings (SSSR count). The minimum absolute atomic E-state index is 0.0963. The molecule has 0 aliphatic carbocycles. The third kappa shape index (κ3) is 3.08. The van der Waals surface area contributed by atoms with Gasteiger partial charge in [-0.3, -0.25) is 4.79 Å². The molecule has 0 saturated heterocycles. The maximum atomic E-state index is 12.6. The van der Waals surface area contributed by atoms with Crippen molar-refractivity contribution in [3.05, 3.63) is 35.6 Å². The second-order valence-corrected chi connectivity index (χ2v) is 2.65. The highest BCUT2D eigenvalue weighted by atomic mass is 19.3. The standard InChI is InChI=1S/C9H8F3NO/c10-7-3-1-2-6(4-7)5-13-9(14)8(11)12/h1-4,8H,5H2,(H,13,14). The van der Waals surface area contributed by atoms with Crippen LogP contribution >= 0.6 is 0 Å². The highest BCUT2D eigenvalue weighted by molar-refractivity contribution is 5.78. The number of halogens is 3. The van der Waals surface area contributed by atoms with E-state index in [4.69, 9.17) is 0 Å². The molecule has 0 aliphatic heterocycles. The van der Waals surface area contributed by atoms with Gasteiger partial charge in [0.2, 0.25) is 0 Å². The Morgan fingerprint density at radius 2 is 2.14 bits per heavy atom. The lowest BCUT2D eigenvalue weighted by Gasteiger charge is -2.03. The fourth-order valence-corrected chi connectivity index (χ4v) is 0.913. The van der Waals surface area contributed by atoms with E-state index in [2.05, 4.69) is 0 Å². The molecule has 0 bridgehead atoms. The van der Waals surface area contributed by atoms with Crippen molar-refractivity contribution in [3.8, 4) is 0 Å². The molecule has 0 heterocycles. The molecule has 76 valence electrons. The summed E-state index contributed by atoms with van der Waals surface area (Å²) in [6.07, 6.45) is -3.04. The maximum absolute atomic E-state index is 12.6. The van der Waals surface area contributed by atoms with Gasteiger partial charge in [0.25, 0.3) is 5.91 Å². The van der Waals surface area contributed by atoms with Crippen LogP contribution in [0.2, 0.25) is 0 Å². The quantitative estimate of drug-likeness (QED) is 0.796. The number of hydrogen-bond acceptors (Lipinski definition) is 1. The van der Waals surface area contributed by atoms with Gasteiger partial charge in [0.05, 0.1) is 0 Å². The zero-order chi connectivity index (χ0) is 10.6. The van der Waals surface area contributed by atoms with E-state index >= 15 is 0 Å². The van der Waals surface area contributed by atoms with Gasteiger partial charge in [-0.25, -0.2) is 4.39 Å². The number of amides is 1. The second-order valence-electron chi connectivity index (χ2n) is 2.65. The molecule has 0 atom stereocenters. The van der Waals surface area contributed by atoms with Gasteiger partial charge in [-0.1, -0.05) is 12.1 Å². The molecule has 1 amide bonds. The number of carbonyl (C=O) groups is 1. The maximum Gasteiger partial charge on any atom is 0.315 e. The molecule has 1 aromatic rings. The number of nitrogens with one attached hydrogen (secondary N) is 1. The SMILES string of the molecule is O=C(NCc1cccc(F)c1)C(F)F. The van der Waals surface area contributed by atoms with E-state index in [0.717, 1.165) is 0 Å². The van der Waals surface area contributed by atoms with Crippen LogP contribution in [0.25, 0.3) is 0 Å². The summed E-state index contributed by atoms with van der Waals surface area (Å²) in [4.78, 5) is 10.4. The van der Waals surface area contributed by atoms with E-state index < -0.39 is 18.1 Å². The van der Waals surface area contributed by atoms with Crippen molar-refractivity contribution in [1.82, 2.24) is 5.32 Å². The lowest BCUT2D eigenvalue weighted by molar-refractivity contribution is -0.131. The van der Waals surface area contributed by atoms with Crippen molar-refractivity contribution in [2.75, 3.05) is 0 Å². The van der Waals surface area contributed by atoms with E-state index in [9.17, 15) is 18.0 Å². The Morgan fingerprint density at radius 1 is 1.43 bits per heavy atom. The summed E-state index contributed by atoms with van der Waals surface area (Å²) in [6, 6.07) is 5.39. The summed E-state index contributed by atoms with van der Waals surface area (Å²) in [5.74, 6) is -1.82. The van der Waals surface area contributed by atoms with Crippen LogP contribution < -0.4 is 5.32 Å². The normalized spacial score (nSPS) is 10.3. The molecule has 0 aromatic heterocycles. The molecule has 0 aliphatic rings. The number of carbonyl (C=O) groups excluding carboxylic acids is 1. The van der Waals surface area contributed by atoms with Crippen molar-refractivity contribution in [3.63, 3.8) is 0 Å². The summed E-state index contributed by atoms with van der Waals surface area (Å²) < 4.78 is 36.0. The van der Waals surface area contributed by atoms with E-state index in [1.165, 1.54) is 24.3 Å². The van der Waals surface area contributed by atoms with Crippen LogP contribution in [0.5, 0.6) is 0 Å². The van der Waals surface area contributed by atoms with E-state index in [1.807, 2.05) is 5.32 Å². The van der Waals surface area contributed by atoms with Gasteiger partial charge in [0.1, 0.15) is 5.82 Å². The lowest BCUT2D eigenvalue weighted by atomic mass is 10.2. The summed E-state index contributed by atoms with van der Waals surface area (Å²) in [6.45, 7) is -0.0963. The average Bonchev–Trinajstić information content (AvgIpc) is 2.14. The van der Waals surface area contributed by atoms with E-state index in [-0.39, 0.29) is 6.54 Å². The molecule has 1 aromatic carbocycles. The minimum Gasteiger partial charge on any atom is -0.347 e. The van der Waals surface area contributed by atoms with Crippen molar-refractivity contribution >= 4 is 5.91 Å². The summed E-state index contributed by atoms with van der Waals surface area (Å²) >= 11 is 0. The summed E-state index contributed by atoms with van der Waals surface area (Å²) in [7, 11) is 0. The van der Waals surface area contributed by atoms with Gasteiger partial charge in [-0.2, -0.15) is 8.78 Å². The average molecular weight is 203 g/mol. The molecule has 0 radical (unpaired) electrons. The van der Waals surface area contributed by atoms with Gasteiger partial charge in [-0.05, 0) is 17.7 Å². The number of alkyl halides is 2. The van der Waals surface area contributed by atoms with Crippen LogP contribution in [0.15, 0.2) is 24.3 Å². The fourth-order valence-electron chi connectivity index (χ4n) is 0.913. The first kappa shape index (κ1) is 10.6.